The summed E-state index contributed by atoms with van der Waals surface area (Å²) >= 11 is 0. The van der Waals surface area contributed by atoms with Gasteiger partial charge in [-0.15, -0.1) is 0 Å². The van der Waals surface area contributed by atoms with Crippen LogP contribution < -0.4 is 0 Å². The third-order valence-corrected chi connectivity index (χ3v) is 6.49. The number of rotatable bonds is 5. The van der Waals surface area contributed by atoms with Crippen molar-refractivity contribution in [3.05, 3.63) is 65.7 Å². The molecule has 1 N–H and O–H groups in total. The molecule has 2 heterocycles. The second-order valence-corrected chi connectivity index (χ2v) is 8.94. The maximum Gasteiger partial charge on any atom is 0.299 e. The lowest BCUT2D eigenvalue weighted by molar-refractivity contribution is -0.390. The summed E-state index contributed by atoms with van der Waals surface area (Å²) in [6.45, 7) is 2.04. The number of fused-ring (bicyclic) bond motifs is 1. The lowest BCUT2D eigenvalue weighted by Gasteiger charge is -2.47. The monoisotopic (exact) mass is 436 g/mol. The van der Waals surface area contributed by atoms with Crippen LogP contribution in [-0.4, -0.2) is 51.5 Å². The zero-order chi connectivity index (χ0) is 21.4. The Balaban J connectivity index is 1.55. The van der Waals surface area contributed by atoms with Crippen molar-refractivity contribution in [1.82, 2.24) is 0 Å². The van der Waals surface area contributed by atoms with Gasteiger partial charge in [-0.25, -0.2) is 4.18 Å². The first-order valence-corrected chi connectivity index (χ1v) is 11.0. The van der Waals surface area contributed by atoms with Gasteiger partial charge in [0.05, 0.1) is 17.6 Å². The van der Waals surface area contributed by atoms with Gasteiger partial charge in [-0.3, -0.25) is 0 Å². The minimum atomic E-state index is -4.28. The molecular weight excluding hydrogens is 412 g/mol. The quantitative estimate of drug-likeness (QED) is 0.563. The van der Waals surface area contributed by atoms with Crippen LogP contribution in [0.5, 0.6) is 0 Å². The molecule has 2 aromatic rings. The number of benzene rings is 2. The molecular formula is C21H24O8S. The van der Waals surface area contributed by atoms with E-state index in [1.807, 2.05) is 37.3 Å². The summed E-state index contributed by atoms with van der Waals surface area (Å²) in [5.41, 5.74) is 1.70. The summed E-state index contributed by atoms with van der Waals surface area (Å²) in [6, 6.07) is 15.4. The number of hydrogen-bond acceptors (Lipinski definition) is 8. The fourth-order valence-corrected chi connectivity index (χ4v) is 4.66. The number of methoxy groups -OCH3 is 1. The van der Waals surface area contributed by atoms with E-state index in [2.05, 4.69) is 0 Å². The molecule has 2 aliphatic heterocycles. The van der Waals surface area contributed by atoms with Crippen LogP contribution >= 0.6 is 0 Å². The molecule has 162 valence electrons. The van der Waals surface area contributed by atoms with Crippen LogP contribution in [0.2, 0.25) is 0 Å². The molecule has 30 heavy (non-hydrogen) atoms. The first kappa shape index (κ1) is 21.4. The van der Waals surface area contributed by atoms with Crippen molar-refractivity contribution in [3.8, 4) is 0 Å². The minimum absolute atomic E-state index is 0.0754. The van der Waals surface area contributed by atoms with Crippen LogP contribution in [-0.2, 0) is 33.2 Å². The van der Waals surface area contributed by atoms with Crippen molar-refractivity contribution in [2.24, 2.45) is 0 Å². The molecule has 0 bridgehead atoms. The van der Waals surface area contributed by atoms with Gasteiger partial charge in [0.1, 0.15) is 6.10 Å². The Kier molecular flexibility index (Phi) is 5.95. The van der Waals surface area contributed by atoms with Crippen LogP contribution in [0.4, 0.5) is 0 Å². The molecule has 2 aromatic carbocycles. The van der Waals surface area contributed by atoms with Crippen molar-refractivity contribution in [2.75, 3.05) is 13.7 Å². The Morgan fingerprint density at radius 2 is 1.73 bits per heavy atom. The molecule has 2 fully saturated rings. The Hall–Kier alpha value is -1.85. The van der Waals surface area contributed by atoms with Gasteiger partial charge in [0.25, 0.3) is 10.1 Å². The smallest absolute Gasteiger partial charge is 0.299 e. The van der Waals surface area contributed by atoms with Gasteiger partial charge in [0, 0.05) is 19.1 Å². The Bertz CT molecular complexity index is 962. The van der Waals surface area contributed by atoms with Gasteiger partial charge in [-0.05, 0) is 19.1 Å². The second-order valence-electron chi connectivity index (χ2n) is 7.39. The lowest BCUT2D eigenvalue weighted by Crippen LogP contribution is -2.61. The number of ether oxygens (including phenoxy) is 4. The second kappa shape index (κ2) is 8.35. The van der Waals surface area contributed by atoms with E-state index in [1.54, 1.807) is 12.1 Å². The first-order chi connectivity index (χ1) is 14.3. The molecule has 0 radical (unpaired) electrons. The van der Waals surface area contributed by atoms with Crippen molar-refractivity contribution >= 4 is 10.1 Å². The molecule has 4 rings (SSSR count). The van der Waals surface area contributed by atoms with Crippen LogP contribution in [0.1, 0.15) is 23.8 Å². The van der Waals surface area contributed by atoms with Crippen molar-refractivity contribution in [3.63, 3.8) is 0 Å². The first-order valence-electron chi connectivity index (χ1n) is 9.56. The van der Waals surface area contributed by atoms with Gasteiger partial charge < -0.3 is 24.1 Å². The SMILES string of the molecule is COC1OC2COC(c3ccccc3)OC2CC1(O)OS(=O)(=O)c1ccc(C)cc1. The zero-order valence-corrected chi connectivity index (χ0v) is 17.4. The highest BCUT2D eigenvalue weighted by atomic mass is 32.2. The number of aliphatic hydroxyl groups is 1. The number of aryl methyl sites for hydroxylation is 1. The normalized spacial score (nSPS) is 31.8. The molecule has 5 atom stereocenters. The molecule has 0 aliphatic carbocycles. The fraction of sp³-hybridized carbons (Fsp3) is 0.429. The summed E-state index contributed by atoms with van der Waals surface area (Å²) in [5, 5.41) is 11.1. The molecule has 0 aromatic heterocycles. The molecule has 0 amide bonds. The molecule has 0 spiro atoms. The van der Waals surface area contributed by atoms with Gasteiger partial charge in [0.2, 0.25) is 12.1 Å². The summed E-state index contributed by atoms with van der Waals surface area (Å²) < 4.78 is 53.4. The van der Waals surface area contributed by atoms with Gasteiger partial charge in [-0.2, -0.15) is 8.42 Å². The van der Waals surface area contributed by atoms with Gasteiger partial charge >= 0.3 is 0 Å². The van der Waals surface area contributed by atoms with Crippen LogP contribution in [0.3, 0.4) is 0 Å². The maximum absolute atomic E-state index is 12.8. The summed E-state index contributed by atoms with van der Waals surface area (Å²) in [7, 11) is -2.98. The fourth-order valence-electron chi connectivity index (χ4n) is 3.57. The number of hydrogen-bond donors (Lipinski definition) is 1. The summed E-state index contributed by atoms with van der Waals surface area (Å²) in [6.07, 6.45) is -3.37. The highest BCUT2D eigenvalue weighted by Crippen LogP contribution is 2.40. The highest BCUT2D eigenvalue weighted by molar-refractivity contribution is 7.86. The van der Waals surface area contributed by atoms with E-state index in [0.717, 1.165) is 11.1 Å². The predicted octanol–water partition coefficient (Wildman–Crippen LogP) is 2.26. The molecule has 8 nitrogen and oxygen atoms in total. The van der Waals surface area contributed by atoms with E-state index in [4.69, 9.17) is 23.1 Å². The molecule has 9 heteroatoms. The summed E-state index contributed by atoms with van der Waals surface area (Å²) in [5.74, 6) is -2.27. The van der Waals surface area contributed by atoms with E-state index in [9.17, 15) is 13.5 Å². The average Bonchev–Trinajstić information content (AvgIpc) is 2.73. The molecule has 5 unspecified atom stereocenters. The maximum atomic E-state index is 12.8. The third kappa shape index (κ3) is 4.28. The third-order valence-electron chi connectivity index (χ3n) is 5.13. The van der Waals surface area contributed by atoms with Crippen molar-refractivity contribution < 1.29 is 36.7 Å². The van der Waals surface area contributed by atoms with Gasteiger partial charge in [0.15, 0.2) is 6.29 Å². The van der Waals surface area contributed by atoms with Crippen molar-refractivity contribution in [1.29, 1.82) is 0 Å². The van der Waals surface area contributed by atoms with Gasteiger partial charge in [-0.1, -0.05) is 48.0 Å². The molecule has 2 aliphatic rings. The topological polar surface area (TPSA) is 101 Å². The summed E-state index contributed by atoms with van der Waals surface area (Å²) in [4.78, 5) is -0.0754. The zero-order valence-electron chi connectivity index (χ0n) is 16.6. The Morgan fingerprint density at radius 1 is 1.03 bits per heavy atom. The average molecular weight is 436 g/mol. The van der Waals surface area contributed by atoms with E-state index >= 15 is 0 Å². The Morgan fingerprint density at radius 3 is 2.40 bits per heavy atom. The van der Waals surface area contributed by atoms with E-state index in [-0.39, 0.29) is 17.9 Å². The molecule has 2 saturated heterocycles. The van der Waals surface area contributed by atoms with Crippen molar-refractivity contribution in [2.45, 2.75) is 48.8 Å². The van der Waals surface area contributed by atoms with E-state index in [1.165, 1.54) is 19.2 Å². The van der Waals surface area contributed by atoms with Crippen LogP contribution in [0, 0.1) is 6.92 Å². The molecule has 0 saturated carbocycles. The van der Waals surface area contributed by atoms with Crippen LogP contribution in [0.15, 0.2) is 59.5 Å². The van der Waals surface area contributed by atoms with E-state index in [0.29, 0.717) is 0 Å². The van der Waals surface area contributed by atoms with Crippen LogP contribution in [0.25, 0.3) is 0 Å². The highest BCUT2D eigenvalue weighted by Gasteiger charge is 2.54. The Labute approximate surface area is 175 Å². The largest absolute Gasteiger partial charge is 0.361 e. The van der Waals surface area contributed by atoms with E-state index < -0.39 is 40.7 Å². The standard InChI is InChI=1S/C21H24O8S/c1-14-8-10-16(11-9-14)30(23,24)29-21(22)12-17-18(28-20(21)25-2)13-26-19(27-17)15-6-4-3-5-7-15/h3-11,17-20,22H,12-13H2,1-2H3. The predicted molar refractivity (Wildman–Crippen MR) is 105 cm³/mol. The lowest BCUT2D eigenvalue weighted by atomic mass is 9.98. The minimum Gasteiger partial charge on any atom is -0.361 e.